The van der Waals surface area contributed by atoms with Gasteiger partial charge in [0.15, 0.2) is 0 Å². The number of rotatable bonds is 9. The molecule has 0 fully saturated rings. The lowest BCUT2D eigenvalue weighted by Crippen LogP contribution is -2.39. The maximum atomic E-state index is 11.8. The van der Waals surface area contributed by atoms with E-state index in [0.29, 0.717) is 13.1 Å². The monoisotopic (exact) mass is 274 g/mol. The molecule has 0 amide bonds. The van der Waals surface area contributed by atoms with Crippen LogP contribution >= 0.6 is 0 Å². The molecule has 0 saturated heterocycles. The maximum Gasteiger partial charge on any atom is 0.213 e. The van der Waals surface area contributed by atoms with Gasteiger partial charge in [-0.25, -0.2) is 18.1 Å². The van der Waals surface area contributed by atoms with Crippen molar-refractivity contribution in [1.29, 1.82) is 0 Å². The normalized spacial score (nSPS) is 13.7. The molecule has 7 heteroatoms. The van der Waals surface area contributed by atoms with Crippen molar-refractivity contribution in [3.8, 4) is 0 Å². The van der Waals surface area contributed by atoms with Gasteiger partial charge in [0.25, 0.3) is 0 Å². The number of hydrogen-bond donors (Lipinski definition) is 2. The lowest BCUT2D eigenvalue weighted by Gasteiger charge is -2.14. The molecule has 1 atom stereocenters. The molecule has 1 aromatic heterocycles. The molecule has 6 nitrogen and oxygen atoms in total. The lowest BCUT2D eigenvalue weighted by molar-refractivity contribution is 0.518. The molecule has 1 rings (SSSR count). The van der Waals surface area contributed by atoms with Crippen LogP contribution < -0.4 is 10.0 Å². The highest BCUT2D eigenvalue weighted by Crippen LogP contribution is 1.94. The summed E-state index contributed by atoms with van der Waals surface area (Å²) in [5.41, 5.74) is 0. The van der Waals surface area contributed by atoms with Crippen LogP contribution in [0.25, 0.3) is 0 Å². The summed E-state index contributed by atoms with van der Waals surface area (Å²) in [5, 5.41) is 3.08. The Balaban J connectivity index is 2.30. The molecule has 0 aliphatic carbocycles. The van der Waals surface area contributed by atoms with Crippen LogP contribution in [0.3, 0.4) is 0 Å². The van der Waals surface area contributed by atoms with Gasteiger partial charge < -0.3 is 9.88 Å². The van der Waals surface area contributed by atoms with Gasteiger partial charge in [0.05, 0.1) is 12.1 Å². The summed E-state index contributed by atoms with van der Waals surface area (Å²) >= 11 is 0. The number of aromatic nitrogens is 2. The molecule has 1 unspecified atom stereocenters. The third-order valence-corrected chi connectivity index (χ3v) is 3.90. The molecule has 0 saturated carbocycles. The fourth-order valence-electron chi connectivity index (χ4n) is 1.62. The van der Waals surface area contributed by atoms with E-state index in [2.05, 4.69) is 15.0 Å². The summed E-state index contributed by atoms with van der Waals surface area (Å²) in [6.07, 6.45) is 6.17. The van der Waals surface area contributed by atoms with Gasteiger partial charge in [-0.05, 0) is 19.9 Å². The predicted molar refractivity (Wildman–Crippen MR) is 71.8 cm³/mol. The van der Waals surface area contributed by atoms with Crippen molar-refractivity contribution >= 4 is 10.0 Å². The van der Waals surface area contributed by atoms with Crippen molar-refractivity contribution in [2.45, 2.75) is 32.9 Å². The first-order valence-corrected chi connectivity index (χ1v) is 7.85. The standard InChI is InChI=1S/C11H22N4O2S/c1-3-4-12-6-8-18(16,17)14-11(2)9-15-7-5-13-10-15/h5,7,10-12,14H,3-4,6,8-9H2,1-2H3. The molecule has 0 spiro atoms. The zero-order valence-corrected chi connectivity index (χ0v) is 11.8. The lowest BCUT2D eigenvalue weighted by atomic mass is 10.4. The number of hydrogen-bond acceptors (Lipinski definition) is 4. The molecule has 0 radical (unpaired) electrons. The van der Waals surface area contributed by atoms with Gasteiger partial charge in [0.2, 0.25) is 10.0 Å². The van der Waals surface area contributed by atoms with E-state index in [1.807, 2.05) is 24.6 Å². The van der Waals surface area contributed by atoms with Crippen LogP contribution in [0.15, 0.2) is 18.7 Å². The number of nitrogens with zero attached hydrogens (tertiary/aromatic N) is 2. The molecule has 18 heavy (non-hydrogen) atoms. The van der Waals surface area contributed by atoms with Gasteiger partial charge in [0, 0.05) is 31.5 Å². The van der Waals surface area contributed by atoms with E-state index in [4.69, 9.17) is 0 Å². The molecular weight excluding hydrogens is 252 g/mol. The predicted octanol–water partition coefficient (Wildman–Crippen LogP) is 0.191. The Morgan fingerprint density at radius 3 is 2.78 bits per heavy atom. The zero-order chi connectivity index (χ0) is 13.4. The van der Waals surface area contributed by atoms with Crippen LogP contribution in [0.2, 0.25) is 0 Å². The van der Waals surface area contributed by atoms with Crippen LogP contribution in [0.5, 0.6) is 0 Å². The molecule has 2 N–H and O–H groups in total. The summed E-state index contributed by atoms with van der Waals surface area (Å²) in [5.74, 6) is 0.112. The second-order valence-electron chi connectivity index (χ2n) is 4.35. The van der Waals surface area contributed by atoms with Gasteiger partial charge in [-0.3, -0.25) is 0 Å². The first-order valence-electron chi connectivity index (χ1n) is 6.20. The van der Waals surface area contributed by atoms with Crippen molar-refractivity contribution in [2.75, 3.05) is 18.8 Å². The number of nitrogens with one attached hydrogen (secondary N) is 2. The molecule has 0 aliphatic rings. The summed E-state index contributed by atoms with van der Waals surface area (Å²) in [7, 11) is -3.21. The average molecular weight is 274 g/mol. The topological polar surface area (TPSA) is 76.0 Å². The van der Waals surface area contributed by atoms with Crippen molar-refractivity contribution in [3.05, 3.63) is 18.7 Å². The van der Waals surface area contributed by atoms with Gasteiger partial charge in [0.1, 0.15) is 0 Å². The zero-order valence-electron chi connectivity index (χ0n) is 11.0. The van der Waals surface area contributed by atoms with E-state index < -0.39 is 10.0 Å². The van der Waals surface area contributed by atoms with Gasteiger partial charge in [-0.2, -0.15) is 0 Å². The molecule has 1 aromatic rings. The van der Waals surface area contributed by atoms with Gasteiger partial charge in [-0.1, -0.05) is 6.92 Å². The Hall–Kier alpha value is -0.920. The number of sulfonamides is 1. The first kappa shape index (κ1) is 15.1. The van der Waals surface area contributed by atoms with Crippen LogP contribution in [-0.4, -0.2) is 42.9 Å². The summed E-state index contributed by atoms with van der Waals surface area (Å²) in [6, 6.07) is -0.143. The Morgan fingerprint density at radius 2 is 2.17 bits per heavy atom. The third-order valence-electron chi connectivity index (χ3n) is 2.40. The average Bonchev–Trinajstić information content (AvgIpc) is 2.76. The smallest absolute Gasteiger partial charge is 0.213 e. The van der Waals surface area contributed by atoms with Crippen molar-refractivity contribution < 1.29 is 8.42 Å². The van der Waals surface area contributed by atoms with Crippen LogP contribution in [-0.2, 0) is 16.6 Å². The first-order chi connectivity index (χ1) is 8.53. The maximum absolute atomic E-state index is 11.8. The summed E-state index contributed by atoms with van der Waals surface area (Å²) in [4.78, 5) is 3.92. The number of imidazole rings is 1. The van der Waals surface area contributed by atoms with Crippen molar-refractivity contribution in [3.63, 3.8) is 0 Å². The van der Waals surface area contributed by atoms with E-state index in [-0.39, 0.29) is 11.8 Å². The molecule has 1 heterocycles. The summed E-state index contributed by atoms with van der Waals surface area (Å²) in [6.45, 7) is 5.81. The van der Waals surface area contributed by atoms with E-state index in [0.717, 1.165) is 13.0 Å². The minimum atomic E-state index is -3.21. The third kappa shape index (κ3) is 6.13. The fourth-order valence-corrected chi connectivity index (χ4v) is 2.84. The van der Waals surface area contributed by atoms with Crippen LogP contribution in [0, 0.1) is 0 Å². The Labute approximate surface area is 109 Å². The SMILES string of the molecule is CCCNCCS(=O)(=O)NC(C)Cn1ccnc1. The molecule has 0 bridgehead atoms. The highest BCUT2D eigenvalue weighted by Gasteiger charge is 2.14. The van der Waals surface area contributed by atoms with E-state index in [9.17, 15) is 8.42 Å². The molecule has 104 valence electrons. The van der Waals surface area contributed by atoms with Gasteiger partial charge in [-0.15, -0.1) is 0 Å². The second kappa shape index (κ2) is 7.50. The Bertz CT molecular complexity index is 416. The molecular formula is C11H22N4O2S. The van der Waals surface area contributed by atoms with Crippen molar-refractivity contribution in [2.24, 2.45) is 0 Å². The minimum Gasteiger partial charge on any atom is -0.336 e. The van der Waals surface area contributed by atoms with Crippen LogP contribution in [0.4, 0.5) is 0 Å². The Kier molecular flexibility index (Phi) is 6.31. The quantitative estimate of drug-likeness (QED) is 0.630. The van der Waals surface area contributed by atoms with Crippen LogP contribution in [0.1, 0.15) is 20.3 Å². The Morgan fingerprint density at radius 1 is 1.39 bits per heavy atom. The minimum absolute atomic E-state index is 0.112. The summed E-state index contributed by atoms with van der Waals surface area (Å²) < 4.78 is 28.0. The van der Waals surface area contributed by atoms with E-state index in [1.54, 1.807) is 12.5 Å². The molecule has 0 aliphatic heterocycles. The highest BCUT2D eigenvalue weighted by molar-refractivity contribution is 7.89. The largest absolute Gasteiger partial charge is 0.336 e. The highest BCUT2D eigenvalue weighted by atomic mass is 32.2. The van der Waals surface area contributed by atoms with Crippen molar-refractivity contribution in [1.82, 2.24) is 19.6 Å². The van der Waals surface area contributed by atoms with Gasteiger partial charge >= 0.3 is 0 Å². The molecule has 0 aromatic carbocycles. The van der Waals surface area contributed by atoms with E-state index in [1.165, 1.54) is 0 Å². The van der Waals surface area contributed by atoms with E-state index >= 15 is 0 Å². The fraction of sp³-hybridized carbons (Fsp3) is 0.727. The second-order valence-corrected chi connectivity index (χ2v) is 6.22.